The molecule has 6 heteroatoms. The Morgan fingerprint density at radius 3 is 3.12 bits per heavy atom. The van der Waals surface area contributed by atoms with Crippen molar-refractivity contribution in [2.45, 2.75) is 0 Å². The fourth-order valence-electron chi connectivity index (χ4n) is 1.14. The first-order valence-electron chi connectivity index (χ1n) is 4.97. The van der Waals surface area contributed by atoms with E-state index >= 15 is 0 Å². The van der Waals surface area contributed by atoms with E-state index < -0.39 is 5.97 Å². The van der Waals surface area contributed by atoms with Crippen LogP contribution in [0.15, 0.2) is 24.9 Å². The van der Waals surface area contributed by atoms with Gasteiger partial charge in [0.05, 0.1) is 10.6 Å². The second-order valence-electron chi connectivity index (χ2n) is 3.12. The molecule has 0 atom stereocenters. The molecular weight excluding hydrogens is 260 g/mol. The number of carboxylic acids is 1. The Hall–Kier alpha value is -1.20. The predicted octanol–water partition coefficient (Wildman–Crippen LogP) is 2.76. The van der Waals surface area contributed by atoms with Crippen LogP contribution < -0.4 is 5.32 Å². The van der Waals surface area contributed by atoms with Gasteiger partial charge in [-0.3, -0.25) is 0 Å². The van der Waals surface area contributed by atoms with E-state index in [2.05, 4.69) is 16.9 Å². The van der Waals surface area contributed by atoms with Gasteiger partial charge in [-0.05, 0) is 6.07 Å². The zero-order valence-corrected chi connectivity index (χ0v) is 10.7. The van der Waals surface area contributed by atoms with E-state index in [1.165, 1.54) is 12.3 Å². The first-order chi connectivity index (χ1) is 8.16. The minimum atomic E-state index is -1.05. The normalized spacial score (nSPS) is 9.94. The van der Waals surface area contributed by atoms with Gasteiger partial charge in [0.2, 0.25) is 0 Å². The molecule has 2 N–H and O–H groups in total. The Morgan fingerprint density at radius 1 is 1.71 bits per heavy atom. The molecule has 0 aliphatic heterocycles. The lowest BCUT2D eigenvalue weighted by Gasteiger charge is -2.08. The van der Waals surface area contributed by atoms with Crippen molar-refractivity contribution in [2.75, 3.05) is 23.4 Å². The van der Waals surface area contributed by atoms with E-state index in [1.54, 1.807) is 11.8 Å². The van der Waals surface area contributed by atoms with E-state index in [9.17, 15) is 4.79 Å². The molecule has 0 amide bonds. The van der Waals surface area contributed by atoms with Crippen LogP contribution in [0.4, 0.5) is 5.82 Å². The second-order valence-corrected chi connectivity index (χ2v) is 4.64. The number of aromatic nitrogens is 1. The highest BCUT2D eigenvalue weighted by Gasteiger charge is 2.12. The number of anilines is 1. The number of nitrogens with one attached hydrogen (secondary N) is 1. The molecule has 0 fully saturated rings. The fourth-order valence-corrected chi connectivity index (χ4v) is 1.98. The molecule has 0 bridgehead atoms. The highest BCUT2D eigenvalue weighted by molar-refractivity contribution is 7.99. The first kappa shape index (κ1) is 13.9. The average molecular weight is 273 g/mol. The topological polar surface area (TPSA) is 62.2 Å². The summed E-state index contributed by atoms with van der Waals surface area (Å²) in [5.74, 6) is 1.12. The number of thioether (sulfide) groups is 1. The average Bonchev–Trinajstić information content (AvgIpc) is 2.30. The van der Waals surface area contributed by atoms with Crippen molar-refractivity contribution in [3.8, 4) is 0 Å². The first-order valence-corrected chi connectivity index (χ1v) is 6.50. The van der Waals surface area contributed by atoms with Crippen LogP contribution in [0.3, 0.4) is 0 Å². The molecule has 4 nitrogen and oxygen atoms in total. The summed E-state index contributed by atoms with van der Waals surface area (Å²) < 4.78 is 0. The zero-order valence-electron chi connectivity index (χ0n) is 9.15. The van der Waals surface area contributed by atoms with E-state index in [1.807, 2.05) is 6.08 Å². The summed E-state index contributed by atoms with van der Waals surface area (Å²) >= 11 is 7.64. The van der Waals surface area contributed by atoms with Crippen molar-refractivity contribution >= 4 is 35.1 Å². The highest BCUT2D eigenvalue weighted by atomic mass is 35.5. The van der Waals surface area contributed by atoms with Gasteiger partial charge in [0.1, 0.15) is 5.82 Å². The molecule has 0 aromatic carbocycles. The van der Waals surface area contributed by atoms with Crippen LogP contribution >= 0.6 is 23.4 Å². The van der Waals surface area contributed by atoms with E-state index in [4.69, 9.17) is 16.7 Å². The summed E-state index contributed by atoms with van der Waals surface area (Å²) in [5, 5.41) is 12.0. The third-order valence-electron chi connectivity index (χ3n) is 1.89. The second kappa shape index (κ2) is 7.19. The largest absolute Gasteiger partial charge is 0.478 e. The Morgan fingerprint density at radius 2 is 2.47 bits per heavy atom. The van der Waals surface area contributed by atoms with Gasteiger partial charge in [-0.15, -0.1) is 6.58 Å². The van der Waals surface area contributed by atoms with Gasteiger partial charge < -0.3 is 10.4 Å². The molecule has 1 aromatic heterocycles. The molecule has 1 rings (SSSR count). The lowest BCUT2D eigenvalue weighted by atomic mass is 10.2. The van der Waals surface area contributed by atoms with Crippen molar-refractivity contribution in [2.24, 2.45) is 0 Å². The van der Waals surface area contributed by atoms with Crippen LogP contribution in [0, 0.1) is 0 Å². The van der Waals surface area contributed by atoms with Gasteiger partial charge in [0.15, 0.2) is 0 Å². The summed E-state index contributed by atoms with van der Waals surface area (Å²) in [5.41, 5.74) is 0.0583. The van der Waals surface area contributed by atoms with Gasteiger partial charge in [0.25, 0.3) is 0 Å². The Labute approximate surface area is 109 Å². The Bertz CT molecular complexity index is 412. The third kappa shape index (κ3) is 4.28. The number of carboxylic acid groups (broad SMARTS) is 1. The van der Waals surface area contributed by atoms with Crippen LogP contribution in [0.25, 0.3) is 0 Å². The minimum absolute atomic E-state index is 0.0583. The molecule has 0 saturated carbocycles. The lowest BCUT2D eigenvalue weighted by Crippen LogP contribution is -2.08. The van der Waals surface area contributed by atoms with Gasteiger partial charge >= 0.3 is 5.97 Å². The molecule has 0 unspecified atom stereocenters. The van der Waals surface area contributed by atoms with Gasteiger partial charge in [-0.2, -0.15) is 11.8 Å². The summed E-state index contributed by atoms with van der Waals surface area (Å²) in [4.78, 5) is 14.8. The number of aromatic carboxylic acids is 1. The molecule has 0 saturated heterocycles. The maximum atomic E-state index is 10.8. The molecule has 0 spiro atoms. The minimum Gasteiger partial charge on any atom is -0.478 e. The van der Waals surface area contributed by atoms with Gasteiger partial charge in [-0.1, -0.05) is 17.7 Å². The van der Waals surface area contributed by atoms with E-state index in [0.717, 1.165) is 11.5 Å². The molecule has 92 valence electrons. The monoisotopic (exact) mass is 272 g/mol. The number of hydrogen-bond donors (Lipinski definition) is 2. The van der Waals surface area contributed by atoms with Crippen LogP contribution in [0.5, 0.6) is 0 Å². The summed E-state index contributed by atoms with van der Waals surface area (Å²) in [6.45, 7) is 4.30. The molecule has 1 heterocycles. The number of carbonyl (C=O) groups is 1. The standard InChI is InChI=1S/C11H13ClN2O2S/c1-2-6-17-7-5-14-10-9(12)8(11(15)16)3-4-13-10/h2-4H,1,5-7H2,(H,13,14)(H,15,16). The van der Waals surface area contributed by atoms with E-state index in [0.29, 0.717) is 12.4 Å². The van der Waals surface area contributed by atoms with Crippen molar-refractivity contribution < 1.29 is 9.90 Å². The van der Waals surface area contributed by atoms with Crippen LogP contribution in [-0.2, 0) is 0 Å². The van der Waals surface area contributed by atoms with Crippen LogP contribution in [0.2, 0.25) is 5.02 Å². The fraction of sp³-hybridized carbons (Fsp3) is 0.273. The summed E-state index contributed by atoms with van der Waals surface area (Å²) in [7, 11) is 0. The zero-order chi connectivity index (χ0) is 12.7. The molecule has 1 aromatic rings. The highest BCUT2D eigenvalue weighted by Crippen LogP contribution is 2.23. The van der Waals surface area contributed by atoms with E-state index in [-0.39, 0.29) is 10.6 Å². The summed E-state index contributed by atoms with van der Waals surface area (Å²) in [6, 6.07) is 1.38. The van der Waals surface area contributed by atoms with Crippen LogP contribution in [0.1, 0.15) is 10.4 Å². The number of rotatable bonds is 7. The molecule has 0 aliphatic rings. The van der Waals surface area contributed by atoms with Crippen molar-refractivity contribution in [1.82, 2.24) is 4.98 Å². The van der Waals surface area contributed by atoms with Gasteiger partial charge in [0, 0.05) is 24.2 Å². The number of nitrogens with zero attached hydrogens (tertiary/aromatic N) is 1. The lowest BCUT2D eigenvalue weighted by molar-refractivity contribution is 0.0697. The van der Waals surface area contributed by atoms with Crippen LogP contribution in [-0.4, -0.2) is 34.1 Å². The molecular formula is C11H13ClN2O2S. The SMILES string of the molecule is C=CCSCCNc1nccc(C(=O)O)c1Cl. The van der Waals surface area contributed by atoms with Crippen molar-refractivity contribution in [3.63, 3.8) is 0 Å². The quantitative estimate of drug-likeness (QED) is 0.590. The summed E-state index contributed by atoms with van der Waals surface area (Å²) in [6.07, 6.45) is 3.26. The number of halogens is 1. The molecule has 0 radical (unpaired) electrons. The Balaban J connectivity index is 2.56. The third-order valence-corrected chi connectivity index (χ3v) is 3.24. The van der Waals surface area contributed by atoms with Gasteiger partial charge in [-0.25, -0.2) is 9.78 Å². The molecule has 17 heavy (non-hydrogen) atoms. The number of pyridine rings is 1. The maximum Gasteiger partial charge on any atom is 0.337 e. The maximum absolute atomic E-state index is 10.8. The van der Waals surface area contributed by atoms with Crippen molar-refractivity contribution in [3.05, 3.63) is 35.5 Å². The number of hydrogen-bond acceptors (Lipinski definition) is 4. The molecule has 0 aliphatic carbocycles. The van der Waals surface area contributed by atoms with Crippen molar-refractivity contribution in [1.29, 1.82) is 0 Å². The Kier molecular flexibility index (Phi) is 5.86. The predicted molar refractivity (Wildman–Crippen MR) is 72.2 cm³/mol. The smallest absolute Gasteiger partial charge is 0.337 e.